The van der Waals surface area contributed by atoms with E-state index in [-0.39, 0.29) is 12.0 Å². The summed E-state index contributed by atoms with van der Waals surface area (Å²) in [6.45, 7) is 9.32. The number of hydrogen-bond donors (Lipinski definition) is 1. The van der Waals surface area contributed by atoms with Crippen LogP contribution in [0.1, 0.15) is 33.6 Å². The highest BCUT2D eigenvalue weighted by Crippen LogP contribution is 2.15. The van der Waals surface area contributed by atoms with Gasteiger partial charge in [-0.1, -0.05) is 20.8 Å². The van der Waals surface area contributed by atoms with Crippen LogP contribution in [0.15, 0.2) is 0 Å². The minimum Gasteiger partial charge on any atom is -0.468 e. The SMILES string of the molecule is COC(=O)C(CN1CCCC(C)C1)NC(C)C. The highest BCUT2D eigenvalue weighted by Gasteiger charge is 2.25. The first-order chi connectivity index (χ1) is 8.02. The standard InChI is InChI=1S/C13H26N2O2/c1-10(2)14-12(13(16)17-4)9-15-7-5-6-11(3)8-15/h10-12,14H,5-9H2,1-4H3. The highest BCUT2D eigenvalue weighted by molar-refractivity contribution is 5.76. The van der Waals surface area contributed by atoms with E-state index in [1.165, 1.54) is 20.0 Å². The zero-order valence-corrected chi connectivity index (χ0v) is 11.5. The maximum absolute atomic E-state index is 11.7. The number of hydrogen-bond acceptors (Lipinski definition) is 4. The lowest BCUT2D eigenvalue weighted by atomic mass is 10.00. The van der Waals surface area contributed by atoms with Crippen LogP contribution < -0.4 is 5.32 Å². The number of rotatable bonds is 5. The second-order valence-electron chi connectivity index (χ2n) is 5.40. The van der Waals surface area contributed by atoms with E-state index in [1.807, 2.05) is 0 Å². The fourth-order valence-electron chi connectivity index (χ4n) is 2.45. The van der Waals surface area contributed by atoms with Gasteiger partial charge in [-0.25, -0.2) is 0 Å². The van der Waals surface area contributed by atoms with Crippen LogP contribution in [0.2, 0.25) is 0 Å². The van der Waals surface area contributed by atoms with Gasteiger partial charge in [-0.3, -0.25) is 4.79 Å². The van der Waals surface area contributed by atoms with E-state index in [4.69, 9.17) is 4.74 Å². The van der Waals surface area contributed by atoms with E-state index in [0.717, 1.165) is 25.6 Å². The first-order valence-electron chi connectivity index (χ1n) is 6.59. The van der Waals surface area contributed by atoms with E-state index >= 15 is 0 Å². The fraction of sp³-hybridized carbons (Fsp3) is 0.923. The van der Waals surface area contributed by atoms with Crippen LogP contribution in [0, 0.1) is 5.92 Å². The molecule has 1 rings (SSSR count). The Hall–Kier alpha value is -0.610. The van der Waals surface area contributed by atoms with Crippen molar-refractivity contribution in [1.82, 2.24) is 10.2 Å². The molecule has 1 aliphatic rings. The first kappa shape index (κ1) is 14.5. The Labute approximate surface area is 105 Å². The number of nitrogens with zero attached hydrogens (tertiary/aromatic N) is 1. The number of carbonyl (C=O) groups excluding carboxylic acids is 1. The van der Waals surface area contributed by atoms with E-state index in [2.05, 4.69) is 31.0 Å². The van der Waals surface area contributed by atoms with Crippen LogP contribution in [0.3, 0.4) is 0 Å². The molecule has 4 nitrogen and oxygen atoms in total. The molecule has 2 atom stereocenters. The topological polar surface area (TPSA) is 41.6 Å². The third-order valence-electron chi connectivity index (χ3n) is 3.20. The molecule has 1 heterocycles. The summed E-state index contributed by atoms with van der Waals surface area (Å²) in [5, 5.41) is 3.28. The molecule has 17 heavy (non-hydrogen) atoms. The largest absolute Gasteiger partial charge is 0.468 e. The zero-order chi connectivity index (χ0) is 12.8. The third kappa shape index (κ3) is 5.04. The molecule has 1 N–H and O–H groups in total. The lowest BCUT2D eigenvalue weighted by Crippen LogP contribution is -2.50. The molecular weight excluding hydrogens is 216 g/mol. The summed E-state index contributed by atoms with van der Waals surface area (Å²) < 4.78 is 4.85. The summed E-state index contributed by atoms with van der Waals surface area (Å²) in [5.41, 5.74) is 0. The van der Waals surface area contributed by atoms with Crippen LogP contribution in [0.4, 0.5) is 0 Å². The van der Waals surface area contributed by atoms with E-state index < -0.39 is 0 Å². The van der Waals surface area contributed by atoms with E-state index in [1.54, 1.807) is 0 Å². The second kappa shape index (κ2) is 6.97. The number of esters is 1. The van der Waals surface area contributed by atoms with Gasteiger partial charge in [0.2, 0.25) is 0 Å². The molecular formula is C13H26N2O2. The summed E-state index contributed by atoms with van der Waals surface area (Å²) in [7, 11) is 1.45. The van der Waals surface area contributed by atoms with E-state index in [9.17, 15) is 4.79 Å². The van der Waals surface area contributed by atoms with Crippen LogP contribution in [0.5, 0.6) is 0 Å². The minimum absolute atomic E-state index is 0.156. The van der Waals surface area contributed by atoms with Gasteiger partial charge >= 0.3 is 5.97 Å². The Morgan fingerprint density at radius 2 is 2.24 bits per heavy atom. The molecule has 1 saturated heterocycles. The number of ether oxygens (including phenoxy) is 1. The highest BCUT2D eigenvalue weighted by atomic mass is 16.5. The second-order valence-corrected chi connectivity index (χ2v) is 5.40. The molecule has 4 heteroatoms. The smallest absolute Gasteiger partial charge is 0.324 e. The lowest BCUT2D eigenvalue weighted by Gasteiger charge is -2.33. The van der Waals surface area contributed by atoms with Crippen molar-refractivity contribution in [2.75, 3.05) is 26.7 Å². The van der Waals surface area contributed by atoms with Gasteiger partial charge in [0.1, 0.15) is 6.04 Å². The number of nitrogens with one attached hydrogen (secondary N) is 1. The molecule has 0 aromatic carbocycles. The Kier molecular flexibility index (Phi) is 5.92. The van der Waals surface area contributed by atoms with Crippen molar-refractivity contribution < 1.29 is 9.53 Å². The third-order valence-corrected chi connectivity index (χ3v) is 3.20. The van der Waals surface area contributed by atoms with Crippen molar-refractivity contribution in [3.05, 3.63) is 0 Å². The van der Waals surface area contributed by atoms with Gasteiger partial charge in [-0.05, 0) is 25.3 Å². The van der Waals surface area contributed by atoms with Crippen LogP contribution in [0.25, 0.3) is 0 Å². The van der Waals surface area contributed by atoms with Crippen molar-refractivity contribution in [2.24, 2.45) is 5.92 Å². The lowest BCUT2D eigenvalue weighted by molar-refractivity contribution is -0.144. The Balaban J connectivity index is 2.49. The summed E-state index contributed by atoms with van der Waals surface area (Å²) in [6.07, 6.45) is 2.54. The minimum atomic E-state index is -0.203. The molecule has 2 unspecified atom stereocenters. The maximum atomic E-state index is 11.7. The molecule has 0 radical (unpaired) electrons. The first-order valence-corrected chi connectivity index (χ1v) is 6.59. The molecule has 0 bridgehead atoms. The molecule has 0 amide bonds. The van der Waals surface area contributed by atoms with Crippen LogP contribution in [-0.4, -0.2) is 49.7 Å². The van der Waals surface area contributed by atoms with Gasteiger partial charge in [0.05, 0.1) is 7.11 Å². The fourth-order valence-corrected chi connectivity index (χ4v) is 2.45. The average molecular weight is 242 g/mol. The normalized spacial score (nSPS) is 23.7. The molecule has 1 fully saturated rings. The summed E-state index contributed by atoms with van der Waals surface area (Å²) in [5.74, 6) is 0.582. The van der Waals surface area contributed by atoms with Crippen molar-refractivity contribution in [2.45, 2.75) is 45.7 Å². The van der Waals surface area contributed by atoms with Crippen LogP contribution >= 0.6 is 0 Å². The summed E-state index contributed by atoms with van der Waals surface area (Å²) in [4.78, 5) is 14.1. The monoisotopic (exact) mass is 242 g/mol. The average Bonchev–Trinajstić information content (AvgIpc) is 2.26. The number of methoxy groups -OCH3 is 1. The maximum Gasteiger partial charge on any atom is 0.324 e. The Morgan fingerprint density at radius 3 is 2.76 bits per heavy atom. The zero-order valence-electron chi connectivity index (χ0n) is 11.5. The summed E-state index contributed by atoms with van der Waals surface area (Å²) in [6, 6.07) is 0.0895. The van der Waals surface area contributed by atoms with Crippen molar-refractivity contribution in [3.63, 3.8) is 0 Å². The molecule has 0 spiro atoms. The number of likely N-dealkylation sites (tertiary alicyclic amines) is 1. The molecule has 0 aromatic heterocycles. The van der Waals surface area contributed by atoms with Crippen molar-refractivity contribution in [1.29, 1.82) is 0 Å². The van der Waals surface area contributed by atoms with Crippen molar-refractivity contribution >= 4 is 5.97 Å². The van der Waals surface area contributed by atoms with E-state index in [0.29, 0.717) is 6.04 Å². The van der Waals surface area contributed by atoms with Gasteiger partial charge in [0, 0.05) is 19.1 Å². The van der Waals surface area contributed by atoms with Gasteiger partial charge in [-0.2, -0.15) is 0 Å². The molecule has 100 valence electrons. The summed E-state index contributed by atoms with van der Waals surface area (Å²) >= 11 is 0. The van der Waals surface area contributed by atoms with Gasteiger partial charge in [0.25, 0.3) is 0 Å². The molecule has 1 aliphatic heterocycles. The predicted molar refractivity (Wildman–Crippen MR) is 68.9 cm³/mol. The molecule has 0 aromatic rings. The number of carbonyl (C=O) groups is 1. The van der Waals surface area contributed by atoms with Gasteiger partial charge < -0.3 is 15.0 Å². The van der Waals surface area contributed by atoms with Crippen molar-refractivity contribution in [3.8, 4) is 0 Å². The Morgan fingerprint density at radius 1 is 1.53 bits per heavy atom. The quantitative estimate of drug-likeness (QED) is 0.737. The van der Waals surface area contributed by atoms with Gasteiger partial charge in [-0.15, -0.1) is 0 Å². The van der Waals surface area contributed by atoms with Crippen LogP contribution in [-0.2, 0) is 9.53 Å². The van der Waals surface area contributed by atoms with Gasteiger partial charge in [0.15, 0.2) is 0 Å². The number of piperidine rings is 1. The molecule has 0 saturated carbocycles. The molecule has 0 aliphatic carbocycles. The Bertz CT molecular complexity index is 244. The predicted octanol–water partition coefficient (Wildman–Crippen LogP) is 1.26.